The van der Waals surface area contributed by atoms with Gasteiger partial charge in [-0.05, 0) is 54.7 Å². The van der Waals surface area contributed by atoms with Crippen molar-refractivity contribution in [1.29, 1.82) is 0 Å². The smallest absolute Gasteiger partial charge is 0.0702 e. The number of hydrogen-bond donors (Lipinski definition) is 0. The predicted octanol–water partition coefficient (Wildman–Crippen LogP) is 9.19. The van der Waals surface area contributed by atoms with Crippen LogP contribution in [-0.4, -0.2) is 4.98 Å². The minimum atomic E-state index is 0.937. The van der Waals surface area contributed by atoms with Crippen LogP contribution in [0.2, 0.25) is 0 Å². The third-order valence-electron chi connectivity index (χ3n) is 7.40. The summed E-state index contributed by atoms with van der Waals surface area (Å²) < 4.78 is 0. The third-order valence-corrected chi connectivity index (χ3v) is 7.40. The van der Waals surface area contributed by atoms with Crippen molar-refractivity contribution in [3.05, 3.63) is 53.7 Å². The molecule has 2 aromatic rings. The van der Waals surface area contributed by atoms with Crippen LogP contribution in [0.25, 0.3) is 11.3 Å². The standard InChI is InChI=1S/C30H45N/c1-3-5-6-7-8-9-11-26-18-21-29(22-19-26)30-23-20-28(24-31-30)17-16-27-14-12-25(10-4-2)13-15-27/h18-25,27H,3-17H2,1-2H3. The van der Waals surface area contributed by atoms with Crippen molar-refractivity contribution in [2.24, 2.45) is 11.8 Å². The molecule has 1 fully saturated rings. The number of nitrogens with zero attached hydrogens (tertiary/aromatic N) is 1. The first-order valence-electron chi connectivity index (χ1n) is 13.3. The number of unbranched alkanes of at least 4 members (excludes halogenated alkanes) is 5. The summed E-state index contributed by atoms with van der Waals surface area (Å²) in [5.74, 6) is 1.95. The SMILES string of the molecule is CCCCCCCCc1ccc(-c2ccc(CCC3CCC(CCC)CC3)cn2)cc1. The van der Waals surface area contributed by atoms with E-state index in [4.69, 9.17) is 4.98 Å². The van der Waals surface area contributed by atoms with E-state index >= 15 is 0 Å². The number of aromatic nitrogens is 1. The molecule has 1 aliphatic carbocycles. The molecule has 1 aromatic heterocycles. The molecule has 31 heavy (non-hydrogen) atoms. The highest BCUT2D eigenvalue weighted by atomic mass is 14.7. The Labute approximate surface area is 192 Å². The van der Waals surface area contributed by atoms with E-state index in [-0.39, 0.29) is 0 Å². The van der Waals surface area contributed by atoms with Crippen LogP contribution >= 0.6 is 0 Å². The molecule has 1 aromatic carbocycles. The van der Waals surface area contributed by atoms with Crippen LogP contribution in [0.5, 0.6) is 0 Å². The minimum Gasteiger partial charge on any atom is -0.256 e. The van der Waals surface area contributed by atoms with Crippen molar-refractivity contribution in [2.45, 2.75) is 110 Å². The molecule has 0 saturated heterocycles. The van der Waals surface area contributed by atoms with Crippen LogP contribution in [0.3, 0.4) is 0 Å². The lowest BCUT2D eigenvalue weighted by Gasteiger charge is -2.28. The molecule has 1 heteroatoms. The summed E-state index contributed by atoms with van der Waals surface area (Å²) >= 11 is 0. The van der Waals surface area contributed by atoms with E-state index in [1.54, 1.807) is 0 Å². The van der Waals surface area contributed by atoms with Gasteiger partial charge in [0.1, 0.15) is 0 Å². The summed E-state index contributed by atoms with van der Waals surface area (Å²) in [6.45, 7) is 4.61. The van der Waals surface area contributed by atoms with Crippen LogP contribution < -0.4 is 0 Å². The first-order valence-corrected chi connectivity index (χ1v) is 13.3. The second-order valence-corrected chi connectivity index (χ2v) is 9.98. The molecule has 0 unspecified atom stereocenters. The first kappa shape index (κ1) is 24.0. The molecule has 3 rings (SSSR count). The lowest BCUT2D eigenvalue weighted by molar-refractivity contribution is 0.252. The highest BCUT2D eigenvalue weighted by Crippen LogP contribution is 2.33. The fourth-order valence-electron chi connectivity index (χ4n) is 5.28. The molecule has 0 spiro atoms. The summed E-state index contributed by atoms with van der Waals surface area (Å²) in [4.78, 5) is 4.78. The highest BCUT2D eigenvalue weighted by Gasteiger charge is 2.20. The second kappa shape index (κ2) is 13.7. The van der Waals surface area contributed by atoms with Crippen LogP contribution in [0.15, 0.2) is 42.6 Å². The molecule has 1 nitrogen and oxygen atoms in total. The molecule has 0 radical (unpaired) electrons. The number of aryl methyl sites for hydroxylation is 2. The third kappa shape index (κ3) is 8.43. The molecule has 0 bridgehead atoms. The number of hydrogen-bond acceptors (Lipinski definition) is 1. The van der Waals surface area contributed by atoms with Crippen molar-refractivity contribution < 1.29 is 0 Å². The average Bonchev–Trinajstić information content (AvgIpc) is 2.82. The Morgan fingerprint density at radius 2 is 1.29 bits per heavy atom. The van der Waals surface area contributed by atoms with E-state index in [9.17, 15) is 0 Å². The van der Waals surface area contributed by atoms with Crippen molar-refractivity contribution in [2.75, 3.05) is 0 Å². The Balaban J connectivity index is 1.39. The Morgan fingerprint density at radius 3 is 1.94 bits per heavy atom. The summed E-state index contributed by atoms with van der Waals surface area (Å²) in [5.41, 5.74) is 5.21. The Hall–Kier alpha value is -1.63. The van der Waals surface area contributed by atoms with Crippen molar-refractivity contribution >= 4 is 0 Å². The normalized spacial score (nSPS) is 18.9. The van der Waals surface area contributed by atoms with Crippen LogP contribution in [0.4, 0.5) is 0 Å². The van der Waals surface area contributed by atoms with Crippen LogP contribution in [0, 0.1) is 11.8 Å². The van der Waals surface area contributed by atoms with E-state index in [2.05, 4.69) is 56.4 Å². The van der Waals surface area contributed by atoms with E-state index in [0.717, 1.165) is 17.5 Å². The van der Waals surface area contributed by atoms with E-state index in [0.29, 0.717) is 0 Å². The Morgan fingerprint density at radius 1 is 0.645 bits per heavy atom. The molecule has 0 atom stereocenters. The molecule has 0 N–H and O–H groups in total. The molecule has 0 aliphatic heterocycles. The average molecular weight is 420 g/mol. The van der Waals surface area contributed by atoms with Gasteiger partial charge in [0.15, 0.2) is 0 Å². The maximum atomic E-state index is 4.78. The number of benzene rings is 1. The maximum absolute atomic E-state index is 4.78. The monoisotopic (exact) mass is 419 g/mol. The van der Waals surface area contributed by atoms with Gasteiger partial charge in [-0.3, -0.25) is 4.98 Å². The maximum Gasteiger partial charge on any atom is 0.0702 e. The van der Waals surface area contributed by atoms with Crippen LogP contribution in [0.1, 0.15) is 108 Å². The van der Waals surface area contributed by atoms with Gasteiger partial charge in [-0.25, -0.2) is 0 Å². The van der Waals surface area contributed by atoms with Gasteiger partial charge in [-0.15, -0.1) is 0 Å². The Bertz CT molecular complexity index is 707. The first-order chi connectivity index (χ1) is 15.3. The zero-order valence-electron chi connectivity index (χ0n) is 20.2. The fraction of sp³-hybridized carbons (Fsp3) is 0.633. The topological polar surface area (TPSA) is 12.9 Å². The largest absolute Gasteiger partial charge is 0.256 e. The molecular weight excluding hydrogens is 374 g/mol. The molecule has 0 amide bonds. The minimum absolute atomic E-state index is 0.937. The summed E-state index contributed by atoms with van der Waals surface area (Å²) in [5, 5.41) is 0. The van der Waals surface area contributed by atoms with Crippen molar-refractivity contribution in [3.8, 4) is 11.3 Å². The van der Waals surface area contributed by atoms with E-state index in [1.807, 2.05) is 0 Å². The number of pyridine rings is 1. The predicted molar refractivity (Wildman–Crippen MR) is 135 cm³/mol. The van der Waals surface area contributed by atoms with Gasteiger partial charge in [0.25, 0.3) is 0 Å². The van der Waals surface area contributed by atoms with Gasteiger partial charge in [0, 0.05) is 11.8 Å². The molecule has 1 aliphatic rings. The summed E-state index contributed by atoms with van der Waals surface area (Å²) in [6.07, 6.45) is 22.7. The molecule has 170 valence electrons. The zero-order chi connectivity index (χ0) is 21.7. The van der Waals surface area contributed by atoms with Gasteiger partial charge >= 0.3 is 0 Å². The van der Waals surface area contributed by atoms with Gasteiger partial charge in [0.05, 0.1) is 5.69 Å². The fourth-order valence-corrected chi connectivity index (χ4v) is 5.28. The van der Waals surface area contributed by atoms with E-state index < -0.39 is 0 Å². The van der Waals surface area contributed by atoms with Gasteiger partial charge < -0.3 is 0 Å². The zero-order valence-corrected chi connectivity index (χ0v) is 20.2. The van der Waals surface area contributed by atoms with Crippen LogP contribution in [-0.2, 0) is 12.8 Å². The summed E-state index contributed by atoms with van der Waals surface area (Å²) in [7, 11) is 0. The summed E-state index contributed by atoms with van der Waals surface area (Å²) in [6, 6.07) is 13.6. The van der Waals surface area contributed by atoms with Gasteiger partial charge in [-0.2, -0.15) is 0 Å². The lowest BCUT2D eigenvalue weighted by Crippen LogP contribution is -2.15. The molecular formula is C30H45N. The van der Waals surface area contributed by atoms with Crippen molar-refractivity contribution in [1.82, 2.24) is 4.98 Å². The molecule has 1 heterocycles. The lowest BCUT2D eigenvalue weighted by atomic mass is 9.78. The molecule has 1 saturated carbocycles. The second-order valence-electron chi connectivity index (χ2n) is 9.98. The van der Waals surface area contributed by atoms with Gasteiger partial charge in [-0.1, -0.05) is 115 Å². The number of rotatable bonds is 13. The highest BCUT2D eigenvalue weighted by molar-refractivity contribution is 5.59. The van der Waals surface area contributed by atoms with E-state index in [1.165, 1.54) is 113 Å². The van der Waals surface area contributed by atoms with Crippen molar-refractivity contribution in [3.63, 3.8) is 0 Å². The Kier molecular flexibility index (Phi) is 10.6. The quantitative estimate of drug-likeness (QED) is 0.295. The van der Waals surface area contributed by atoms with Gasteiger partial charge in [0.2, 0.25) is 0 Å².